The molecule has 0 radical (unpaired) electrons. The van der Waals surface area contributed by atoms with Gasteiger partial charge in [-0.25, -0.2) is 4.98 Å². The summed E-state index contributed by atoms with van der Waals surface area (Å²) < 4.78 is 0. The molecular weight excluding hydrogens is 332 g/mol. The first-order valence-corrected chi connectivity index (χ1v) is 9.25. The van der Waals surface area contributed by atoms with Gasteiger partial charge in [0.15, 0.2) is 5.69 Å². The molecule has 0 bridgehead atoms. The second-order valence-electron chi connectivity index (χ2n) is 7.18. The lowest BCUT2D eigenvalue weighted by atomic mass is 9.95. The number of aromatic nitrogens is 4. The van der Waals surface area contributed by atoms with Crippen LogP contribution in [0.5, 0.6) is 0 Å². The van der Waals surface area contributed by atoms with Crippen LogP contribution >= 0.6 is 0 Å². The molecule has 1 aliphatic carbocycles. The first kappa shape index (κ1) is 16.8. The van der Waals surface area contributed by atoms with E-state index in [0.717, 1.165) is 54.9 Å². The number of likely N-dealkylation sites (tertiary alicyclic amines) is 1. The lowest BCUT2D eigenvalue weighted by Crippen LogP contribution is -2.30. The van der Waals surface area contributed by atoms with Crippen LogP contribution in [0.25, 0.3) is 0 Å². The predicted octanol–water partition coefficient (Wildman–Crippen LogP) is 1.28. The summed E-state index contributed by atoms with van der Waals surface area (Å²) in [6.45, 7) is 3.29. The average molecular weight is 356 g/mol. The zero-order valence-corrected chi connectivity index (χ0v) is 15.0. The van der Waals surface area contributed by atoms with Gasteiger partial charge in [-0.2, -0.15) is 5.10 Å². The minimum atomic E-state index is -0.0684. The molecule has 0 saturated carbocycles. The van der Waals surface area contributed by atoms with E-state index in [1.165, 1.54) is 6.92 Å². The van der Waals surface area contributed by atoms with Crippen LogP contribution in [0, 0.1) is 0 Å². The van der Waals surface area contributed by atoms with Crippen molar-refractivity contribution < 1.29 is 9.59 Å². The average Bonchev–Trinajstić information content (AvgIpc) is 3.37. The molecule has 0 spiro atoms. The zero-order chi connectivity index (χ0) is 18.1. The molecule has 2 aromatic rings. The van der Waals surface area contributed by atoms with E-state index in [-0.39, 0.29) is 17.7 Å². The van der Waals surface area contributed by atoms with Crippen molar-refractivity contribution >= 4 is 11.8 Å². The standard InChI is InChI=1S/C18H24N6O2/c1-11(25)19-8-13-9-20-17(21-13)12-6-7-24(10-12)18(26)16-14-4-2-3-5-15(14)22-23-16/h9,12H,2-8,10H2,1H3,(H,19,25)(H,20,21)(H,22,23)/t12-/m0/s1. The Balaban J connectivity index is 1.41. The third-order valence-corrected chi connectivity index (χ3v) is 5.30. The van der Waals surface area contributed by atoms with Crippen LogP contribution in [-0.4, -0.2) is 50.0 Å². The number of rotatable bonds is 4. The van der Waals surface area contributed by atoms with Crippen LogP contribution in [0.15, 0.2) is 6.20 Å². The quantitative estimate of drug-likeness (QED) is 0.767. The summed E-state index contributed by atoms with van der Waals surface area (Å²) in [5, 5.41) is 10.1. The summed E-state index contributed by atoms with van der Waals surface area (Å²) in [5.74, 6) is 1.03. The van der Waals surface area contributed by atoms with Crippen LogP contribution in [0.2, 0.25) is 0 Å². The Morgan fingerprint density at radius 3 is 3.04 bits per heavy atom. The largest absolute Gasteiger partial charge is 0.351 e. The van der Waals surface area contributed by atoms with Gasteiger partial charge in [-0.05, 0) is 32.1 Å². The Kier molecular flexibility index (Phi) is 4.48. The maximum Gasteiger partial charge on any atom is 0.274 e. The summed E-state index contributed by atoms with van der Waals surface area (Å²) in [6, 6.07) is 0. The number of nitrogens with one attached hydrogen (secondary N) is 3. The molecule has 1 atom stereocenters. The fourth-order valence-electron chi connectivity index (χ4n) is 3.87. The number of nitrogens with zero attached hydrogens (tertiary/aromatic N) is 3. The Morgan fingerprint density at radius 2 is 2.19 bits per heavy atom. The lowest BCUT2D eigenvalue weighted by molar-refractivity contribution is -0.119. The van der Waals surface area contributed by atoms with E-state index in [0.29, 0.717) is 25.3 Å². The maximum atomic E-state index is 12.9. The van der Waals surface area contributed by atoms with Crippen LogP contribution < -0.4 is 5.32 Å². The number of hydrogen-bond donors (Lipinski definition) is 3. The Morgan fingerprint density at radius 1 is 1.35 bits per heavy atom. The predicted molar refractivity (Wildman–Crippen MR) is 94.6 cm³/mol. The van der Waals surface area contributed by atoms with Crippen molar-refractivity contribution in [1.29, 1.82) is 0 Å². The fraction of sp³-hybridized carbons (Fsp3) is 0.556. The molecule has 26 heavy (non-hydrogen) atoms. The number of fused-ring (bicyclic) bond motifs is 1. The van der Waals surface area contributed by atoms with Gasteiger partial charge in [0.05, 0.1) is 18.4 Å². The van der Waals surface area contributed by atoms with Crippen molar-refractivity contribution in [2.24, 2.45) is 0 Å². The smallest absolute Gasteiger partial charge is 0.274 e. The summed E-state index contributed by atoms with van der Waals surface area (Å²) in [4.78, 5) is 33.5. The summed E-state index contributed by atoms with van der Waals surface area (Å²) >= 11 is 0. The third-order valence-electron chi connectivity index (χ3n) is 5.30. The molecule has 2 amide bonds. The van der Waals surface area contributed by atoms with Crippen molar-refractivity contribution in [2.45, 2.75) is 51.5 Å². The number of H-pyrrole nitrogens is 2. The molecule has 1 aliphatic heterocycles. The number of hydrogen-bond acceptors (Lipinski definition) is 4. The van der Waals surface area contributed by atoms with E-state index in [1.54, 1.807) is 6.20 Å². The van der Waals surface area contributed by atoms with Crippen LogP contribution in [0.3, 0.4) is 0 Å². The van der Waals surface area contributed by atoms with Crippen molar-refractivity contribution in [3.05, 3.63) is 34.7 Å². The van der Waals surface area contributed by atoms with Gasteiger partial charge in [0.2, 0.25) is 5.91 Å². The van der Waals surface area contributed by atoms with Gasteiger partial charge in [-0.3, -0.25) is 14.7 Å². The van der Waals surface area contributed by atoms with Crippen LogP contribution in [0.1, 0.15) is 65.4 Å². The minimum absolute atomic E-state index is 0.0249. The second kappa shape index (κ2) is 6.93. The summed E-state index contributed by atoms with van der Waals surface area (Å²) in [5.41, 5.74) is 3.72. The van der Waals surface area contributed by atoms with Crippen molar-refractivity contribution in [3.8, 4) is 0 Å². The molecule has 2 aliphatic rings. The van der Waals surface area contributed by atoms with E-state index < -0.39 is 0 Å². The molecule has 138 valence electrons. The van der Waals surface area contributed by atoms with Gasteiger partial charge in [0, 0.05) is 37.2 Å². The molecule has 0 unspecified atom stereocenters. The number of aryl methyl sites for hydroxylation is 1. The van der Waals surface area contributed by atoms with Gasteiger partial charge in [-0.1, -0.05) is 0 Å². The van der Waals surface area contributed by atoms with Crippen LogP contribution in [-0.2, 0) is 24.2 Å². The first-order chi connectivity index (χ1) is 12.6. The highest BCUT2D eigenvalue weighted by atomic mass is 16.2. The molecule has 3 heterocycles. The fourth-order valence-corrected chi connectivity index (χ4v) is 3.87. The molecule has 0 aromatic carbocycles. The van der Waals surface area contributed by atoms with Gasteiger partial charge in [0.25, 0.3) is 5.91 Å². The minimum Gasteiger partial charge on any atom is -0.351 e. The van der Waals surface area contributed by atoms with Crippen molar-refractivity contribution in [1.82, 2.24) is 30.4 Å². The maximum absolute atomic E-state index is 12.9. The second-order valence-corrected chi connectivity index (χ2v) is 7.18. The van der Waals surface area contributed by atoms with Crippen LogP contribution in [0.4, 0.5) is 0 Å². The number of aromatic amines is 2. The molecule has 2 aromatic heterocycles. The summed E-state index contributed by atoms with van der Waals surface area (Å²) in [6.07, 6.45) is 6.84. The monoisotopic (exact) mass is 356 g/mol. The van der Waals surface area contributed by atoms with E-state index in [4.69, 9.17) is 0 Å². The highest BCUT2D eigenvalue weighted by Gasteiger charge is 2.32. The van der Waals surface area contributed by atoms with E-state index in [9.17, 15) is 9.59 Å². The SMILES string of the molecule is CC(=O)NCc1cnc([C@H]2CCN(C(=O)c3n[nH]c4c3CCCC4)C2)[nH]1. The van der Waals surface area contributed by atoms with Gasteiger partial charge >= 0.3 is 0 Å². The Bertz CT molecular complexity index is 824. The molecule has 8 heteroatoms. The molecule has 1 saturated heterocycles. The third kappa shape index (κ3) is 3.23. The Hall–Kier alpha value is -2.64. The van der Waals surface area contributed by atoms with Crippen molar-refractivity contribution in [2.75, 3.05) is 13.1 Å². The summed E-state index contributed by atoms with van der Waals surface area (Å²) in [7, 11) is 0. The van der Waals surface area contributed by atoms with Gasteiger partial charge in [-0.15, -0.1) is 0 Å². The van der Waals surface area contributed by atoms with Gasteiger partial charge in [0.1, 0.15) is 5.82 Å². The molecule has 1 fully saturated rings. The van der Waals surface area contributed by atoms with E-state index in [1.807, 2.05) is 4.90 Å². The topological polar surface area (TPSA) is 107 Å². The zero-order valence-electron chi connectivity index (χ0n) is 15.0. The number of carbonyl (C=O) groups is 2. The molecular formula is C18H24N6O2. The van der Waals surface area contributed by atoms with Crippen molar-refractivity contribution in [3.63, 3.8) is 0 Å². The molecule has 4 rings (SSSR count). The number of imidazole rings is 1. The highest BCUT2D eigenvalue weighted by Crippen LogP contribution is 2.28. The normalized spacial score (nSPS) is 19.4. The highest BCUT2D eigenvalue weighted by molar-refractivity contribution is 5.94. The van der Waals surface area contributed by atoms with Gasteiger partial charge < -0.3 is 15.2 Å². The Labute approximate surface area is 151 Å². The molecule has 8 nitrogen and oxygen atoms in total. The number of carbonyl (C=O) groups excluding carboxylic acids is 2. The first-order valence-electron chi connectivity index (χ1n) is 9.25. The lowest BCUT2D eigenvalue weighted by Gasteiger charge is -2.17. The molecule has 3 N–H and O–H groups in total. The number of amides is 2. The van der Waals surface area contributed by atoms with E-state index in [2.05, 4.69) is 25.5 Å². The van der Waals surface area contributed by atoms with E-state index >= 15 is 0 Å².